The Labute approximate surface area is 217 Å². The summed E-state index contributed by atoms with van der Waals surface area (Å²) in [5, 5.41) is 11.0. The van der Waals surface area contributed by atoms with Crippen molar-refractivity contribution in [2.75, 3.05) is 20.2 Å². The highest BCUT2D eigenvalue weighted by atomic mass is 16.5. The Balaban J connectivity index is 1.38. The number of fused-ring (bicyclic) bond motifs is 1. The van der Waals surface area contributed by atoms with Crippen molar-refractivity contribution in [3.8, 4) is 5.75 Å². The van der Waals surface area contributed by atoms with Crippen LogP contribution in [-0.2, 0) is 20.4 Å². The molecule has 4 aliphatic carbocycles. The Morgan fingerprint density at radius 2 is 1.57 bits per heavy atom. The molecule has 1 aliphatic heterocycles. The zero-order valence-corrected chi connectivity index (χ0v) is 21.0. The fourth-order valence-electron chi connectivity index (χ4n) is 8.41. The van der Waals surface area contributed by atoms with Crippen LogP contribution in [0.4, 0.5) is 0 Å². The molecule has 0 aromatic heterocycles. The number of hydrogen-bond acceptors (Lipinski definition) is 3. The van der Waals surface area contributed by atoms with E-state index in [9.17, 15) is 14.7 Å². The van der Waals surface area contributed by atoms with Gasteiger partial charge >= 0.3 is 5.97 Å². The highest BCUT2D eigenvalue weighted by Gasteiger charge is 2.72. The van der Waals surface area contributed by atoms with Gasteiger partial charge in [-0.3, -0.25) is 9.59 Å². The van der Waals surface area contributed by atoms with E-state index >= 15 is 0 Å². The number of aliphatic carboxylic acids is 1. The fourth-order valence-corrected chi connectivity index (χ4v) is 8.41. The number of carboxylic acid groups (broad SMARTS) is 1. The maximum Gasteiger partial charge on any atom is 0.312 e. The van der Waals surface area contributed by atoms with Crippen molar-refractivity contribution in [1.82, 2.24) is 4.90 Å². The van der Waals surface area contributed by atoms with Gasteiger partial charge in [0, 0.05) is 35.9 Å². The lowest BCUT2D eigenvalue weighted by Gasteiger charge is -2.59. The van der Waals surface area contributed by atoms with Crippen LogP contribution in [0.3, 0.4) is 0 Å². The summed E-state index contributed by atoms with van der Waals surface area (Å²) in [5.41, 5.74) is 2.43. The Hall–Kier alpha value is -3.60. The van der Waals surface area contributed by atoms with E-state index in [2.05, 4.69) is 42.5 Å². The molecule has 1 heterocycles. The van der Waals surface area contributed by atoms with E-state index in [4.69, 9.17) is 4.74 Å². The molecule has 5 aliphatic rings. The molecule has 2 saturated carbocycles. The lowest BCUT2D eigenvalue weighted by Crippen LogP contribution is -2.60. The van der Waals surface area contributed by atoms with Crippen LogP contribution < -0.4 is 4.74 Å². The van der Waals surface area contributed by atoms with Crippen LogP contribution in [0.15, 0.2) is 78.9 Å². The third-order valence-corrected chi connectivity index (χ3v) is 10.1. The fraction of sp³-hybridized carbons (Fsp3) is 0.375. The van der Waals surface area contributed by atoms with Gasteiger partial charge in [-0.05, 0) is 48.4 Å². The van der Waals surface area contributed by atoms with Crippen LogP contribution in [0.1, 0.15) is 53.9 Å². The van der Waals surface area contributed by atoms with E-state index in [1.54, 1.807) is 7.11 Å². The summed E-state index contributed by atoms with van der Waals surface area (Å²) in [6.07, 6.45) is 3.24. The lowest BCUT2D eigenvalue weighted by molar-refractivity contribution is -0.157. The first kappa shape index (κ1) is 22.6. The molecule has 1 saturated heterocycles. The maximum atomic E-state index is 14.3. The predicted molar refractivity (Wildman–Crippen MR) is 140 cm³/mol. The molecule has 1 amide bonds. The van der Waals surface area contributed by atoms with Crippen molar-refractivity contribution in [2.24, 2.45) is 11.3 Å². The molecule has 1 N–H and O–H groups in total. The molecule has 188 valence electrons. The number of ether oxygens (including phenoxy) is 1. The van der Waals surface area contributed by atoms with Crippen LogP contribution in [0, 0.1) is 11.3 Å². The molecule has 5 nitrogen and oxygen atoms in total. The number of methoxy groups -OCH3 is 1. The monoisotopic (exact) mass is 493 g/mol. The quantitative estimate of drug-likeness (QED) is 0.535. The first-order valence-electron chi connectivity index (χ1n) is 13.3. The Bertz CT molecular complexity index is 1410. The SMILES string of the molecule is COc1ccccc1C1(C(=O)N2CC3C4(c5ccccc5)CCC(c5ccccc54)C3(C(=O)O)C2)CC1. The molecule has 3 aromatic carbocycles. The minimum absolute atomic E-state index is 0.0543. The van der Waals surface area contributed by atoms with Gasteiger partial charge in [0.15, 0.2) is 0 Å². The second-order valence-corrected chi connectivity index (χ2v) is 11.4. The maximum absolute atomic E-state index is 14.3. The highest BCUT2D eigenvalue weighted by molar-refractivity contribution is 5.93. The van der Waals surface area contributed by atoms with Crippen LogP contribution in [0.2, 0.25) is 0 Å². The lowest BCUT2D eigenvalue weighted by atomic mass is 9.42. The molecular formula is C32H31NO4. The number of carbonyl (C=O) groups is 2. The number of para-hydroxylation sites is 1. The van der Waals surface area contributed by atoms with Crippen molar-refractivity contribution < 1.29 is 19.4 Å². The van der Waals surface area contributed by atoms with Gasteiger partial charge in [-0.25, -0.2) is 0 Å². The van der Waals surface area contributed by atoms with Crippen molar-refractivity contribution in [2.45, 2.75) is 42.4 Å². The molecule has 8 rings (SSSR count). The van der Waals surface area contributed by atoms with E-state index in [-0.39, 0.29) is 24.3 Å². The molecule has 0 spiro atoms. The standard InChI is InChI=1S/C32H31NO4/c1-37-26-14-8-7-13-25(26)30(17-18-30)28(34)33-19-27-31(21-9-3-2-4-10-21)16-15-24(32(27,20-33)29(35)36)22-11-5-6-12-23(22)31/h2-14,24,27H,15-20H2,1H3,(H,35,36). The first-order valence-corrected chi connectivity index (χ1v) is 13.3. The van der Waals surface area contributed by atoms with Crippen molar-refractivity contribution in [3.05, 3.63) is 101 Å². The van der Waals surface area contributed by atoms with Gasteiger partial charge in [-0.2, -0.15) is 0 Å². The Kier molecular flexibility index (Phi) is 4.70. The summed E-state index contributed by atoms with van der Waals surface area (Å²) in [7, 11) is 1.64. The van der Waals surface area contributed by atoms with Gasteiger partial charge in [0.2, 0.25) is 5.91 Å². The van der Waals surface area contributed by atoms with E-state index in [1.807, 2.05) is 41.3 Å². The van der Waals surface area contributed by atoms with E-state index in [0.29, 0.717) is 6.54 Å². The summed E-state index contributed by atoms with van der Waals surface area (Å²) in [5.74, 6) is -0.277. The van der Waals surface area contributed by atoms with E-state index < -0.39 is 22.2 Å². The predicted octanol–water partition coefficient (Wildman–Crippen LogP) is 5.13. The molecule has 2 bridgehead atoms. The molecule has 4 atom stereocenters. The molecule has 4 unspecified atom stereocenters. The second-order valence-electron chi connectivity index (χ2n) is 11.4. The number of nitrogens with zero attached hydrogens (tertiary/aromatic N) is 1. The van der Waals surface area contributed by atoms with E-state index in [1.165, 1.54) is 5.56 Å². The second kappa shape index (κ2) is 7.70. The smallest absolute Gasteiger partial charge is 0.312 e. The van der Waals surface area contributed by atoms with Crippen LogP contribution in [0.5, 0.6) is 5.75 Å². The number of rotatable bonds is 5. The average molecular weight is 494 g/mol. The summed E-state index contributed by atoms with van der Waals surface area (Å²) in [6, 6.07) is 26.6. The summed E-state index contributed by atoms with van der Waals surface area (Å²) in [4.78, 5) is 29.6. The third-order valence-electron chi connectivity index (χ3n) is 10.1. The molecule has 5 heteroatoms. The molecular weight excluding hydrogens is 462 g/mol. The van der Waals surface area contributed by atoms with Gasteiger partial charge in [-0.15, -0.1) is 0 Å². The van der Waals surface area contributed by atoms with Gasteiger partial charge in [0.05, 0.1) is 17.9 Å². The Morgan fingerprint density at radius 3 is 2.27 bits per heavy atom. The van der Waals surface area contributed by atoms with Crippen molar-refractivity contribution in [3.63, 3.8) is 0 Å². The minimum Gasteiger partial charge on any atom is -0.496 e. The van der Waals surface area contributed by atoms with Gasteiger partial charge in [0.1, 0.15) is 5.75 Å². The number of amides is 1. The van der Waals surface area contributed by atoms with Gasteiger partial charge < -0.3 is 14.7 Å². The van der Waals surface area contributed by atoms with Crippen molar-refractivity contribution >= 4 is 11.9 Å². The minimum atomic E-state index is -1.01. The topological polar surface area (TPSA) is 66.8 Å². The first-order chi connectivity index (χ1) is 18.0. The van der Waals surface area contributed by atoms with Crippen LogP contribution in [-0.4, -0.2) is 42.1 Å². The zero-order valence-electron chi connectivity index (χ0n) is 21.0. The zero-order chi connectivity index (χ0) is 25.4. The number of benzene rings is 3. The largest absolute Gasteiger partial charge is 0.496 e. The number of hydrogen-bond donors (Lipinski definition) is 1. The average Bonchev–Trinajstić information content (AvgIpc) is 3.64. The summed E-state index contributed by atoms with van der Waals surface area (Å²) < 4.78 is 5.63. The van der Waals surface area contributed by atoms with E-state index in [0.717, 1.165) is 48.1 Å². The number of carbonyl (C=O) groups excluding carboxylic acids is 1. The van der Waals surface area contributed by atoms with Crippen LogP contribution >= 0.6 is 0 Å². The molecule has 0 radical (unpaired) electrons. The summed E-state index contributed by atoms with van der Waals surface area (Å²) >= 11 is 0. The third kappa shape index (κ3) is 2.75. The highest BCUT2D eigenvalue weighted by Crippen LogP contribution is 2.69. The molecule has 37 heavy (non-hydrogen) atoms. The van der Waals surface area contributed by atoms with Gasteiger partial charge in [0.25, 0.3) is 0 Å². The normalized spacial score (nSPS) is 30.4. The molecule has 3 aromatic rings. The molecule has 3 fully saturated rings. The Morgan fingerprint density at radius 1 is 0.892 bits per heavy atom. The number of likely N-dealkylation sites (tertiary alicyclic amines) is 1. The summed E-state index contributed by atoms with van der Waals surface area (Å²) in [6.45, 7) is 0.720. The number of carboxylic acids is 1. The van der Waals surface area contributed by atoms with Gasteiger partial charge in [-0.1, -0.05) is 72.8 Å². The van der Waals surface area contributed by atoms with Crippen LogP contribution in [0.25, 0.3) is 0 Å². The van der Waals surface area contributed by atoms with Crippen molar-refractivity contribution in [1.29, 1.82) is 0 Å².